The molecular formula is C16H19N3OS. The smallest absolute Gasteiger partial charge is 0.266 e. The molecule has 0 unspecified atom stereocenters. The maximum atomic E-state index is 12.8. The fraction of sp³-hybridized carbons (Fsp3) is 0.375. The van der Waals surface area contributed by atoms with E-state index in [-0.39, 0.29) is 5.91 Å². The molecule has 1 N–H and O–H groups in total. The molecule has 0 aliphatic carbocycles. The van der Waals surface area contributed by atoms with Crippen molar-refractivity contribution in [3.8, 4) is 11.3 Å². The number of amides is 1. The summed E-state index contributed by atoms with van der Waals surface area (Å²) in [5.41, 5.74) is 1.83. The Morgan fingerprint density at radius 3 is 2.86 bits per heavy atom. The largest absolute Gasteiger partial charge is 0.337 e. The third-order valence-corrected chi connectivity index (χ3v) is 4.56. The van der Waals surface area contributed by atoms with Crippen LogP contribution >= 0.6 is 11.3 Å². The van der Waals surface area contributed by atoms with E-state index in [1.165, 1.54) is 11.3 Å². The molecule has 0 atom stereocenters. The second-order valence-electron chi connectivity index (χ2n) is 5.17. The fourth-order valence-electron chi connectivity index (χ4n) is 2.56. The van der Waals surface area contributed by atoms with E-state index in [0.29, 0.717) is 0 Å². The van der Waals surface area contributed by atoms with Crippen LogP contribution in [0.25, 0.3) is 11.3 Å². The zero-order valence-corrected chi connectivity index (χ0v) is 12.9. The Morgan fingerprint density at radius 1 is 1.24 bits per heavy atom. The van der Waals surface area contributed by atoms with E-state index in [4.69, 9.17) is 0 Å². The van der Waals surface area contributed by atoms with Gasteiger partial charge in [0, 0.05) is 25.2 Å². The number of benzene rings is 1. The molecule has 3 rings (SSSR count). The normalized spacial score (nSPS) is 15.8. The molecule has 1 fully saturated rings. The lowest BCUT2D eigenvalue weighted by molar-refractivity contribution is 0.0771. The van der Waals surface area contributed by atoms with Crippen LogP contribution in [0, 0.1) is 6.92 Å². The highest BCUT2D eigenvalue weighted by Gasteiger charge is 2.23. The van der Waals surface area contributed by atoms with Gasteiger partial charge in [-0.15, -0.1) is 11.3 Å². The van der Waals surface area contributed by atoms with Gasteiger partial charge in [0.2, 0.25) is 0 Å². The van der Waals surface area contributed by atoms with Gasteiger partial charge < -0.3 is 10.2 Å². The molecule has 1 amide bonds. The molecule has 0 radical (unpaired) electrons. The topological polar surface area (TPSA) is 45.2 Å². The molecule has 21 heavy (non-hydrogen) atoms. The van der Waals surface area contributed by atoms with Crippen LogP contribution < -0.4 is 5.32 Å². The van der Waals surface area contributed by atoms with Crippen molar-refractivity contribution in [2.75, 3.05) is 26.2 Å². The summed E-state index contributed by atoms with van der Waals surface area (Å²) in [7, 11) is 0. The lowest BCUT2D eigenvalue weighted by atomic mass is 10.1. The summed E-state index contributed by atoms with van der Waals surface area (Å²) in [5.74, 6) is 0.114. The van der Waals surface area contributed by atoms with Crippen LogP contribution in [-0.4, -0.2) is 42.0 Å². The van der Waals surface area contributed by atoms with Gasteiger partial charge in [-0.1, -0.05) is 30.3 Å². The van der Waals surface area contributed by atoms with Gasteiger partial charge in [0.05, 0.1) is 10.7 Å². The summed E-state index contributed by atoms with van der Waals surface area (Å²) >= 11 is 1.50. The Kier molecular flexibility index (Phi) is 4.31. The van der Waals surface area contributed by atoms with Gasteiger partial charge in [-0.05, 0) is 19.9 Å². The lowest BCUT2D eigenvalue weighted by Crippen LogP contribution is -2.34. The number of carbonyl (C=O) groups is 1. The minimum absolute atomic E-state index is 0.114. The van der Waals surface area contributed by atoms with Gasteiger partial charge >= 0.3 is 0 Å². The SMILES string of the molecule is Cc1nc(-c2ccccc2)c(C(=O)N2CCCNCC2)s1. The Bertz CT molecular complexity index is 616. The summed E-state index contributed by atoms with van der Waals surface area (Å²) in [6.45, 7) is 5.39. The highest BCUT2D eigenvalue weighted by atomic mass is 32.1. The number of nitrogens with one attached hydrogen (secondary N) is 1. The number of aromatic nitrogens is 1. The Labute approximate surface area is 128 Å². The maximum absolute atomic E-state index is 12.8. The molecule has 0 bridgehead atoms. The summed E-state index contributed by atoms with van der Waals surface area (Å²) in [4.78, 5) is 20.1. The van der Waals surface area contributed by atoms with Crippen molar-refractivity contribution in [2.45, 2.75) is 13.3 Å². The van der Waals surface area contributed by atoms with Crippen LogP contribution in [0.4, 0.5) is 0 Å². The van der Waals surface area contributed by atoms with Crippen molar-refractivity contribution in [2.24, 2.45) is 0 Å². The lowest BCUT2D eigenvalue weighted by Gasteiger charge is -2.19. The monoisotopic (exact) mass is 301 g/mol. The molecule has 0 spiro atoms. The first-order valence-electron chi connectivity index (χ1n) is 7.28. The van der Waals surface area contributed by atoms with Crippen LogP contribution in [0.15, 0.2) is 30.3 Å². The first kappa shape index (κ1) is 14.2. The predicted octanol–water partition coefficient (Wildman–Crippen LogP) is 2.55. The second-order valence-corrected chi connectivity index (χ2v) is 6.38. The summed E-state index contributed by atoms with van der Waals surface area (Å²) in [6.07, 6.45) is 1.00. The van der Waals surface area contributed by atoms with Gasteiger partial charge in [0.1, 0.15) is 4.88 Å². The molecule has 0 saturated carbocycles. The Hall–Kier alpha value is -1.72. The highest BCUT2D eigenvalue weighted by Crippen LogP contribution is 2.29. The summed E-state index contributed by atoms with van der Waals surface area (Å²) in [5, 5.41) is 4.26. The number of thiazole rings is 1. The van der Waals surface area contributed by atoms with E-state index in [1.54, 1.807) is 0 Å². The average molecular weight is 301 g/mol. The number of carbonyl (C=O) groups excluding carboxylic acids is 1. The second kappa shape index (κ2) is 6.37. The third kappa shape index (κ3) is 3.14. The van der Waals surface area contributed by atoms with Gasteiger partial charge in [0.15, 0.2) is 0 Å². The number of aryl methyl sites for hydroxylation is 1. The molecule has 1 aromatic carbocycles. The minimum Gasteiger partial charge on any atom is -0.337 e. The van der Waals surface area contributed by atoms with Crippen LogP contribution in [0.3, 0.4) is 0 Å². The maximum Gasteiger partial charge on any atom is 0.266 e. The van der Waals surface area contributed by atoms with E-state index in [2.05, 4.69) is 10.3 Å². The van der Waals surface area contributed by atoms with Crippen molar-refractivity contribution in [1.29, 1.82) is 0 Å². The number of hydrogen-bond donors (Lipinski definition) is 1. The van der Waals surface area contributed by atoms with E-state index in [0.717, 1.165) is 53.7 Å². The van der Waals surface area contributed by atoms with Crippen molar-refractivity contribution < 1.29 is 4.79 Å². The molecule has 1 saturated heterocycles. The van der Waals surface area contributed by atoms with Gasteiger partial charge in [-0.3, -0.25) is 4.79 Å². The number of nitrogens with zero attached hydrogens (tertiary/aromatic N) is 2. The summed E-state index contributed by atoms with van der Waals surface area (Å²) < 4.78 is 0. The molecule has 1 aliphatic rings. The van der Waals surface area contributed by atoms with Crippen molar-refractivity contribution in [1.82, 2.24) is 15.2 Å². The number of rotatable bonds is 2. The molecule has 2 aromatic rings. The minimum atomic E-state index is 0.114. The van der Waals surface area contributed by atoms with Gasteiger partial charge in [-0.25, -0.2) is 4.98 Å². The Balaban J connectivity index is 1.93. The average Bonchev–Trinajstić information content (AvgIpc) is 2.73. The molecule has 110 valence electrons. The fourth-order valence-corrected chi connectivity index (χ4v) is 3.47. The quantitative estimate of drug-likeness (QED) is 0.927. The molecule has 2 heterocycles. The number of hydrogen-bond acceptors (Lipinski definition) is 4. The zero-order chi connectivity index (χ0) is 14.7. The van der Waals surface area contributed by atoms with E-state index in [9.17, 15) is 4.79 Å². The van der Waals surface area contributed by atoms with Crippen LogP contribution in [-0.2, 0) is 0 Å². The van der Waals surface area contributed by atoms with Crippen molar-refractivity contribution in [3.05, 3.63) is 40.2 Å². The van der Waals surface area contributed by atoms with Gasteiger partial charge in [-0.2, -0.15) is 0 Å². The molecule has 1 aliphatic heterocycles. The first-order valence-corrected chi connectivity index (χ1v) is 8.10. The highest BCUT2D eigenvalue weighted by molar-refractivity contribution is 7.14. The van der Waals surface area contributed by atoms with E-state index < -0.39 is 0 Å². The zero-order valence-electron chi connectivity index (χ0n) is 12.1. The van der Waals surface area contributed by atoms with Crippen LogP contribution in [0.1, 0.15) is 21.1 Å². The van der Waals surface area contributed by atoms with Crippen molar-refractivity contribution >= 4 is 17.2 Å². The van der Waals surface area contributed by atoms with E-state index >= 15 is 0 Å². The van der Waals surface area contributed by atoms with Crippen molar-refractivity contribution in [3.63, 3.8) is 0 Å². The molecule has 4 nitrogen and oxygen atoms in total. The molecule has 5 heteroatoms. The first-order chi connectivity index (χ1) is 10.3. The summed E-state index contributed by atoms with van der Waals surface area (Å²) in [6, 6.07) is 9.96. The third-order valence-electron chi connectivity index (χ3n) is 3.60. The Morgan fingerprint density at radius 2 is 2.05 bits per heavy atom. The molecular weight excluding hydrogens is 282 g/mol. The predicted molar refractivity (Wildman–Crippen MR) is 85.7 cm³/mol. The van der Waals surface area contributed by atoms with Gasteiger partial charge in [0.25, 0.3) is 5.91 Å². The standard InChI is InChI=1S/C16H19N3OS/c1-12-18-14(13-6-3-2-4-7-13)15(21-12)16(20)19-10-5-8-17-9-11-19/h2-4,6-7,17H,5,8-11H2,1H3. The van der Waals surface area contributed by atoms with Crippen LogP contribution in [0.5, 0.6) is 0 Å². The van der Waals surface area contributed by atoms with Crippen LogP contribution in [0.2, 0.25) is 0 Å². The molecule has 1 aromatic heterocycles. The van der Waals surface area contributed by atoms with E-state index in [1.807, 2.05) is 42.2 Å².